The molecule has 2 heterocycles. The summed E-state index contributed by atoms with van der Waals surface area (Å²) in [6.07, 6.45) is 2.32. The second kappa shape index (κ2) is 5.52. The van der Waals surface area contributed by atoms with E-state index in [-0.39, 0.29) is 11.6 Å². The molecule has 0 atom stereocenters. The quantitative estimate of drug-likeness (QED) is 0.673. The van der Waals surface area contributed by atoms with Gasteiger partial charge in [-0.05, 0) is 28.8 Å². The summed E-state index contributed by atoms with van der Waals surface area (Å²) >= 11 is 3.27. The van der Waals surface area contributed by atoms with Crippen molar-refractivity contribution in [3.05, 3.63) is 26.9 Å². The van der Waals surface area contributed by atoms with Gasteiger partial charge in [0.05, 0.1) is 15.3 Å². The van der Waals surface area contributed by atoms with Gasteiger partial charge in [-0.15, -0.1) is 0 Å². The van der Waals surface area contributed by atoms with Crippen LogP contribution in [0.2, 0.25) is 0 Å². The Hall–Kier alpha value is -1.70. The molecule has 0 radical (unpaired) electrons. The molecule has 0 amide bonds. The van der Waals surface area contributed by atoms with Crippen molar-refractivity contribution in [2.45, 2.75) is 12.8 Å². The van der Waals surface area contributed by atoms with Crippen LogP contribution in [0.4, 0.5) is 11.5 Å². The largest absolute Gasteiger partial charge is 0.481 e. The molecule has 0 saturated carbocycles. The maximum absolute atomic E-state index is 10.9. The van der Waals surface area contributed by atoms with Crippen molar-refractivity contribution in [1.82, 2.24) is 4.98 Å². The van der Waals surface area contributed by atoms with Gasteiger partial charge < -0.3 is 10.0 Å². The van der Waals surface area contributed by atoms with Crippen LogP contribution in [0, 0.1) is 16.0 Å². The lowest BCUT2D eigenvalue weighted by Crippen LogP contribution is -2.36. The van der Waals surface area contributed by atoms with Gasteiger partial charge in [0.2, 0.25) is 0 Å². The third kappa shape index (κ3) is 3.01. The Labute approximate surface area is 117 Å². The third-order valence-electron chi connectivity index (χ3n) is 3.16. The van der Waals surface area contributed by atoms with Crippen molar-refractivity contribution < 1.29 is 14.8 Å². The van der Waals surface area contributed by atoms with E-state index in [9.17, 15) is 14.9 Å². The zero-order valence-electron chi connectivity index (χ0n) is 9.95. The fourth-order valence-electron chi connectivity index (χ4n) is 2.09. The van der Waals surface area contributed by atoms with Gasteiger partial charge in [0, 0.05) is 19.2 Å². The molecule has 7 nitrogen and oxygen atoms in total. The van der Waals surface area contributed by atoms with Crippen molar-refractivity contribution >= 4 is 33.4 Å². The van der Waals surface area contributed by atoms with E-state index in [1.165, 1.54) is 12.3 Å². The van der Waals surface area contributed by atoms with Crippen LogP contribution >= 0.6 is 15.9 Å². The van der Waals surface area contributed by atoms with Crippen molar-refractivity contribution in [3.8, 4) is 0 Å². The molecule has 102 valence electrons. The first-order valence-corrected chi connectivity index (χ1v) is 6.56. The molecule has 0 unspecified atom stereocenters. The number of carboxylic acids is 1. The number of aromatic nitrogens is 1. The highest BCUT2D eigenvalue weighted by atomic mass is 79.9. The van der Waals surface area contributed by atoms with E-state index in [2.05, 4.69) is 20.9 Å². The normalized spacial score (nSPS) is 16.4. The topological polar surface area (TPSA) is 96.6 Å². The Balaban J connectivity index is 2.11. The second-order valence-corrected chi connectivity index (χ2v) is 5.21. The molecule has 1 N–H and O–H groups in total. The number of carbonyl (C=O) groups is 1. The number of pyridine rings is 1. The average molecular weight is 330 g/mol. The van der Waals surface area contributed by atoms with Crippen LogP contribution in [0.1, 0.15) is 12.8 Å². The molecule has 2 rings (SSSR count). The Bertz CT molecular complexity index is 515. The van der Waals surface area contributed by atoms with Gasteiger partial charge in [0.1, 0.15) is 12.0 Å². The molecule has 0 spiro atoms. The first kappa shape index (κ1) is 13.7. The van der Waals surface area contributed by atoms with E-state index in [1.54, 1.807) is 0 Å². The highest BCUT2D eigenvalue weighted by Gasteiger charge is 2.26. The summed E-state index contributed by atoms with van der Waals surface area (Å²) in [5, 5.41) is 19.6. The van der Waals surface area contributed by atoms with Gasteiger partial charge in [0.25, 0.3) is 5.69 Å². The van der Waals surface area contributed by atoms with Gasteiger partial charge in [0.15, 0.2) is 0 Å². The number of nitro groups is 1. The first-order chi connectivity index (χ1) is 8.99. The lowest BCUT2D eigenvalue weighted by Gasteiger charge is -2.31. The van der Waals surface area contributed by atoms with E-state index in [0.29, 0.717) is 36.2 Å². The summed E-state index contributed by atoms with van der Waals surface area (Å²) in [4.78, 5) is 27.0. The number of anilines is 1. The number of hydrogen-bond donors (Lipinski definition) is 1. The second-order valence-electron chi connectivity index (χ2n) is 4.36. The summed E-state index contributed by atoms with van der Waals surface area (Å²) in [6, 6.07) is 1.41. The molecule has 1 aliphatic rings. The zero-order chi connectivity index (χ0) is 14.0. The van der Waals surface area contributed by atoms with Crippen LogP contribution in [0.3, 0.4) is 0 Å². The third-order valence-corrected chi connectivity index (χ3v) is 3.75. The van der Waals surface area contributed by atoms with Crippen LogP contribution in [0.5, 0.6) is 0 Å². The van der Waals surface area contributed by atoms with Gasteiger partial charge in [-0.1, -0.05) is 0 Å². The number of nitrogens with zero attached hydrogens (tertiary/aromatic N) is 3. The maximum atomic E-state index is 10.9. The van der Waals surface area contributed by atoms with Gasteiger partial charge in [-0.2, -0.15) is 0 Å². The molecule has 19 heavy (non-hydrogen) atoms. The van der Waals surface area contributed by atoms with Gasteiger partial charge in [-0.25, -0.2) is 4.98 Å². The lowest BCUT2D eigenvalue weighted by atomic mass is 9.97. The predicted molar refractivity (Wildman–Crippen MR) is 71.2 cm³/mol. The number of hydrogen-bond acceptors (Lipinski definition) is 5. The van der Waals surface area contributed by atoms with Crippen molar-refractivity contribution in [3.63, 3.8) is 0 Å². The number of carboxylic acid groups (broad SMARTS) is 1. The molecule has 0 bridgehead atoms. The smallest absolute Gasteiger partial charge is 0.306 e. The van der Waals surface area contributed by atoms with Gasteiger partial charge in [-0.3, -0.25) is 14.9 Å². The van der Waals surface area contributed by atoms with E-state index in [0.717, 1.165) is 0 Å². The van der Waals surface area contributed by atoms with E-state index >= 15 is 0 Å². The van der Waals surface area contributed by atoms with E-state index < -0.39 is 10.9 Å². The van der Waals surface area contributed by atoms with Gasteiger partial charge >= 0.3 is 5.97 Å². The molecule has 1 saturated heterocycles. The molecule has 8 heteroatoms. The predicted octanol–water partition coefficient (Wildman–Crippen LogP) is 2.05. The van der Waals surface area contributed by atoms with Crippen LogP contribution < -0.4 is 4.90 Å². The maximum Gasteiger partial charge on any atom is 0.306 e. The molecule has 1 aromatic heterocycles. The summed E-state index contributed by atoms with van der Waals surface area (Å²) in [5.41, 5.74) is -0.0731. The Kier molecular flexibility index (Phi) is 3.98. The summed E-state index contributed by atoms with van der Waals surface area (Å²) in [6.45, 7) is 1.17. The Morgan fingerprint density at radius 3 is 2.63 bits per heavy atom. The minimum absolute atomic E-state index is 0.0731. The van der Waals surface area contributed by atoms with Crippen molar-refractivity contribution in [2.75, 3.05) is 18.0 Å². The SMILES string of the molecule is O=C(O)C1CCN(c2ncc([N+](=O)[O-])cc2Br)CC1. The molecular formula is C11H12BrN3O4. The molecule has 0 aliphatic carbocycles. The molecule has 1 fully saturated rings. The fourth-order valence-corrected chi connectivity index (χ4v) is 2.68. The van der Waals surface area contributed by atoms with E-state index in [1.807, 2.05) is 4.90 Å². The summed E-state index contributed by atoms with van der Waals surface area (Å²) < 4.78 is 0.551. The highest BCUT2D eigenvalue weighted by molar-refractivity contribution is 9.10. The molecular weight excluding hydrogens is 318 g/mol. The minimum atomic E-state index is -0.768. The minimum Gasteiger partial charge on any atom is -0.481 e. The number of piperidine rings is 1. The Morgan fingerprint density at radius 2 is 2.16 bits per heavy atom. The van der Waals surface area contributed by atoms with Crippen LogP contribution in [0.15, 0.2) is 16.7 Å². The molecule has 0 aromatic carbocycles. The lowest BCUT2D eigenvalue weighted by molar-refractivity contribution is -0.385. The van der Waals surface area contributed by atoms with Crippen LogP contribution in [0.25, 0.3) is 0 Å². The molecule has 1 aliphatic heterocycles. The highest BCUT2D eigenvalue weighted by Crippen LogP contribution is 2.30. The average Bonchev–Trinajstić information content (AvgIpc) is 2.38. The monoisotopic (exact) mass is 329 g/mol. The summed E-state index contributed by atoms with van der Waals surface area (Å²) in [5.74, 6) is -0.460. The standard InChI is InChI=1S/C11H12BrN3O4/c12-9-5-8(15(18)19)6-13-10(9)14-3-1-7(2-4-14)11(16)17/h5-7H,1-4H2,(H,16,17). The summed E-state index contributed by atoms with van der Waals surface area (Å²) in [7, 11) is 0. The van der Waals surface area contributed by atoms with Crippen LogP contribution in [-0.2, 0) is 4.79 Å². The first-order valence-electron chi connectivity index (χ1n) is 5.76. The zero-order valence-corrected chi connectivity index (χ0v) is 11.5. The number of rotatable bonds is 3. The fraction of sp³-hybridized carbons (Fsp3) is 0.455. The molecule has 1 aromatic rings. The van der Waals surface area contributed by atoms with Crippen molar-refractivity contribution in [1.29, 1.82) is 0 Å². The van der Waals surface area contributed by atoms with Crippen molar-refractivity contribution in [2.24, 2.45) is 5.92 Å². The number of halogens is 1. The number of aliphatic carboxylic acids is 1. The van der Waals surface area contributed by atoms with E-state index in [4.69, 9.17) is 5.11 Å². The van der Waals surface area contributed by atoms with Crippen LogP contribution in [-0.4, -0.2) is 34.1 Å². The Morgan fingerprint density at radius 1 is 1.53 bits per heavy atom.